The summed E-state index contributed by atoms with van der Waals surface area (Å²) >= 11 is 0. The quantitative estimate of drug-likeness (QED) is 0.268. The van der Waals surface area contributed by atoms with Gasteiger partial charge in [0.2, 0.25) is 17.7 Å². The number of nitro groups is 1. The van der Waals surface area contributed by atoms with Gasteiger partial charge in [-0.05, 0) is 55.0 Å². The Morgan fingerprint density at radius 2 is 1.66 bits per heavy atom. The fourth-order valence-electron chi connectivity index (χ4n) is 5.60. The Bertz CT molecular complexity index is 1180. The van der Waals surface area contributed by atoms with E-state index in [0.29, 0.717) is 23.6 Å². The zero-order valence-corrected chi connectivity index (χ0v) is 19.1. The second-order valence-corrected chi connectivity index (χ2v) is 9.12. The van der Waals surface area contributed by atoms with E-state index in [-0.39, 0.29) is 41.7 Å². The van der Waals surface area contributed by atoms with Gasteiger partial charge in [0, 0.05) is 17.8 Å². The van der Waals surface area contributed by atoms with Gasteiger partial charge < -0.3 is 10.1 Å². The topological polar surface area (TPSA) is 119 Å². The number of likely N-dealkylation sites (tertiary alicyclic amines) is 1. The maximum Gasteiger partial charge on any atom is 0.269 e. The van der Waals surface area contributed by atoms with Crippen LogP contribution >= 0.6 is 0 Å². The molecule has 0 radical (unpaired) electrons. The summed E-state index contributed by atoms with van der Waals surface area (Å²) in [5.74, 6) is -0.945. The summed E-state index contributed by atoms with van der Waals surface area (Å²) in [6.45, 7) is 2.41. The average Bonchev–Trinajstić information content (AvgIpc) is 3.53. The van der Waals surface area contributed by atoms with Crippen molar-refractivity contribution in [2.45, 2.75) is 25.8 Å². The third-order valence-corrected chi connectivity index (χ3v) is 7.13. The maximum atomic E-state index is 13.4. The molecule has 3 amide bonds. The van der Waals surface area contributed by atoms with Gasteiger partial charge in [-0.25, -0.2) is 0 Å². The second-order valence-electron chi connectivity index (χ2n) is 9.12. The minimum absolute atomic E-state index is 0.0432. The van der Waals surface area contributed by atoms with Crippen LogP contribution in [-0.2, 0) is 14.4 Å². The van der Waals surface area contributed by atoms with Crippen molar-refractivity contribution in [2.24, 2.45) is 23.7 Å². The summed E-state index contributed by atoms with van der Waals surface area (Å²) < 4.78 is 5.42. The van der Waals surface area contributed by atoms with E-state index >= 15 is 0 Å². The van der Waals surface area contributed by atoms with E-state index in [1.165, 1.54) is 29.2 Å². The molecule has 9 nitrogen and oxygen atoms in total. The van der Waals surface area contributed by atoms with E-state index in [9.17, 15) is 24.5 Å². The zero-order chi connectivity index (χ0) is 24.7. The molecule has 2 aliphatic carbocycles. The van der Waals surface area contributed by atoms with Gasteiger partial charge in [-0.2, -0.15) is 0 Å². The molecule has 2 aromatic carbocycles. The summed E-state index contributed by atoms with van der Waals surface area (Å²) in [6, 6.07) is 11.7. The predicted octanol–water partition coefficient (Wildman–Crippen LogP) is 3.87. The first kappa shape index (κ1) is 22.8. The van der Waals surface area contributed by atoms with Gasteiger partial charge in [-0.15, -0.1) is 0 Å². The van der Waals surface area contributed by atoms with Crippen LogP contribution in [0.1, 0.15) is 31.4 Å². The van der Waals surface area contributed by atoms with Crippen molar-refractivity contribution in [1.29, 1.82) is 0 Å². The molecule has 0 spiro atoms. The van der Waals surface area contributed by atoms with Crippen molar-refractivity contribution in [3.63, 3.8) is 0 Å². The van der Waals surface area contributed by atoms with E-state index in [4.69, 9.17) is 4.74 Å². The molecule has 1 heterocycles. The lowest BCUT2D eigenvalue weighted by molar-refractivity contribution is -0.384. The summed E-state index contributed by atoms with van der Waals surface area (Å²) in [7, 11) is 0. The van der Waals surface area contributed by atoms with E-state index in [2.05, 4.69) is 5.32 Å². The Morgan fingerprint density at radius 1 is 1.06 bits per heavy atom. The summed E-state index contributed by atoms with van der Waals surface area (Å²) in [6.07, 6.45) is 4.67. The molecule has 1 N–H and O–H groups in total. The van der Waals surface area contributed by atoms with Gasteiger partial charge in [-0.3, -0.25) is 29.4 Å². The van der Waals surface area contributed by atoms with Crippen molar-refractivity contribution in [3.8, 4) is 5.75 Å². The van der Waals surface area contributed by atoms with Crippen LogP contribution in [0, 0.1) is 33.8 Å². The first-order chi connectivity index (χ1) is 16.9. The van der Waals surface area contributed by atoms with E-state index in [1.807, 2.05) is 19.1 Å². The fourth-order valence-corrected chi connectivity index (χ4v) is 5.60. The van der Waals surface area contributed by atoms with Crippen LogP contribution < -0.4 is 10.1 Å². The predicted molar refractivity (Wildman–Crippen MR) is 126 cm³/mol. The molecule has 5 unspecified atom stereocenters. The van der Waals surface area contributed by atoms with Gasteiger partial charge in [0.05, 0.1) is 35.8 Å². The van der Waals surface area contributed by atoms with E-state index < -0.39 is 22.8 Å². The van der Waals surface area contributed by atoms with Gasteiger partial charge in [-0.1, -0.05) is 24.3 Å². The van der Waals surface area contributed by atoms with Gasteiger partial charge in [0.15, 0.2) is 0 Å². The highest BCUT2D eigenvalue weighted by atomic mass is 16.6. The Labute approximate surface area is 201 Å². The number of nitrogens with one attached hydrogen (secondary N) is 1. The smallest absolute Gasteiger partial charge is 0.269 e. The van der Waals surface area contributed by atoms with Crippen LogP contribution in [0.15, 0.2) is 60.7 Å². The normalized spacial score (nSPS) is 25.0. The molecule has 180 valence electrons. The van der Waals surface area contributed by atoms with Crippen molar-refractivity contribution < 1.29 is 24.0 Å². The molecular weight excluding hydrogens is 450 g/mol. The lowest BCUT2D eigenvalue weighted by atomic mass is 9.85. The molecule has 2 fully saturated rings. The molecule has 1 aliphatic heterocycles. The molecule has 9 heteroatoms. The zero-order valence-electron chi connectivity index (χ0n) is 19.1. The Hall–Kier alpha value is -4.01. The van der Waals surface area contributed by atoms with Crippen molar-refractivity contribution in [3.05, 3.63) is 76.4 Å². The molecule has 35 heavy (non-hydrogen) atoms. The second kappa shape index (κ2) is 8.98. The fraction of sp³-hybridized carbons (Fsp3) is 0.346. The third kappa shape index (κ3) is 4.07. The molecule has 2 bridgehead atoms. The number of non-ortho nitro benzene ring substituents is 1. The first-order valence-electron chi connectivity index (χ1n) is 11.7. The number of benzene rings is 2. The van der Waals surface area contributed by atoms with Gasteiger partial charge in [0.1, 0.15) is 5.75 Å². The number of hydrogen-bond donors (Lipinski definition) is 1. The number of carbonyl (C=O) groups is 3. The lowest BCUT2D eigenvalue weighted by Gasteiger charge is -2.28. The third-order valence-electron chi connectivity index (χ3n) is 7.13. The van der Waals surface area contributed by atoms with Crippen molar-refractivity contribution >= 4 is 29.1 Å². The summed E-state index contributed by atoms with van der Waals surface area (Å²) in [5.41, 5.74) is 0.947. The minimum Gasteiger partial charge on any atom is -0.494 e. The number of imide groups is 1. The number of allylic oxidation sites excluding steroid dienone is 2. The first-order valence-corrected chi connectivity index (χ1v) is 11.7. The average molecular weight is 476 g/mol. The van der Waals surface area contributed by atoms with Crippen LogP contribution in [0.3, 0.4) is 0 Å². The number of anilines is 1. The Kier molecular flexibility index (Phi) is 5.84. The summed E-state index contributed by atoms with van der Waals surface area (Å²) in [4.78, 5) is 51.7. The number of hydrogen-bond acceptors (Lipinski definition) is 6. The molecule has 5 rings (SSSR count). The van der Waals surface area contributed by atoms with E-state index in [0.717, 1.165) is 6.42 Å². The SMILES string of the molecule is CCOc1ccc(NC(=O)CC(c2ccc([N+](=O)[O-])cc2)N2C(=O)C3C4C=CC(C4)C3C2=O)cc1. The molecule has 1 saturated carbocycles. The standard InChI is InChI=1S/C26H25N3O6/c1-2-35-20-11-7-18(8-12-20)27-22(30)14-21(15-5-9-19(10-6-15)29(33)34)28-25(31)23-16-3-4-17(13-16)24(23)26(28)32/h3-12,16-17,21,23-24H,2,13-14H2,1H3,(H,27,30). The number of ether oxygens (including phenoxy) is 1. The monoisotopic (exact) mass is 475 g/mol. The highest BCUT2D eigenvalue weighted by Gasteiger charge is 2.60. The molecule has 2 aromatic rings. The van der Waals surface area contributed by atoms with Crippen molar-refractivity contribution in [2.75, 3.05) is 11.9 Å². The van der Waals surface area contributed by atoms with Gasteiger partial charge in [0.25, 0.3) is 5.69 Å². The Balaban J connectivity index is 1.40. The highest BCUT2D eigenvalue weighted by Crippen LogP contribution is 2.54. The lowest BCUT2D eigenvalue weighted by Crippen LogP contribution is -2.38. The molecule has 0 aromatic heterocycles. The molecular formula is C26H25N3O6. The van der Waals surface area contributed by atoms with Crippen molar-refractivity contribution in [1.82, 2.24) is 4.90 Å². The van der Waals surface area contributed by atoms with Crippen LogP contribution in [-0.4, -0.2) is 34.2 Å². The van der Waals surface area contributed by atoms with Crippen LogP contribution in [0.4, 0.5) is 11.4 Å². The number of fused-ring (bicyclic) bond motifs is 5. The number of nitro benzene ring substituents is 1. The molecule has 5 atom stereocenters. The van der Waals surface area contributed by atoms with Gasteiger partial charge >= 0.3 is 0 Å². The maximum absolute atomic E-state index is 13.4. The summed E-state index contributed by atoms with van der Waals surface area (Å²) in [5, 5.41) is 13.9. The van der Waals surface area contributed by atoms with E-state index in [1.54, 1.807) is 24.3 Å². The minimum atomic E-state index is -0.858. The number of rotatable bonds is 8. The van der Waals surface area contributed by atoms with Crippen LogP contribution in [0.5, 0.6) is 5.75 Å². The number of carbonyl (C=O) groups excluding carboxylic acids is 3. The number of nitrogens with zero attached hydrogens (tertiary/aromatic N) is 2. The largest absolute Gasteiger partial charge is 0.494 e. The molecule has 3 aliphatic rings. The Morgan fingerprint density at radius 3 is 2.20 bits per heavy atom. The molecule has 1 saturated heterocycles. The number of amides is 3. The highest BCUT2D eigenvalue weighted by molar-refractivity contribution is 6.07. The van der Waals surface area contributed by atoms with Crippen LogP contribution in [0.2, 0.25) is 0 Å². The van der Waals surface area contributed by atoms with Crippen LogP contribution in [0.25, 0.3) is 0 Å².